The molecule has 3 rings (SSSR count). The van der Waals surface area contributed by atoms with Crippen molar-refractivity contribution in [3.63, 3.8) is 0 Å². The van der Waals surface area contributed by atoms with Crippen molar-refractivity contribution in [1.29, 1.82) is 0 Å². The smallest absolute Gasteiger partial charge is 0.270 e. The van der Waals surface area contributed by atoms with Gasteiger partial charge in [0.05, 0.1) is 6.20 Å². The Hall–Kier alpha value is -2.31. The molecule has 0 spiro atoms. The van der Waals surface area contributed by atoms with Crippen LogP contribution in [-0.4, -0.2) is 23.4 Å². The van der Waals surface area contributed by atoms with Crippen LogP contribution in [0.2, 0.25) is 0 Å². The Kier molecular flexibility index (Phi) is 2.77. The topological polar surface area (TPSA) is 73.2 Å². The summed E-state index contributed by atoms with van der Waals surface area (Å²) in [6.45, 7) is 1.52. The normalized spacial score (nSPS) is 14.3. The Balaban J connectivity index is 2.24. The SMILES string of the molecule is CC(F)(F)c1cc2c(c(-c3cn[nH]c3N)c1)OCCO2. The van der Waals surface area contributed by atoms with Gasteiger partial charge in [-0.1, -0.05) is 0 Å². The van der Waals surface area contributed by atoms with E-state index in [1.54, 1.807) is 0 Å². The maximum Gasteiger partial charge on any atom is 0.270 e. The monoisotopic (exact) mass is 281 g/mol. The van der Waals surface area contributed by atoms with Gasteiger partial charge in [0, 0.05) is 23.6 Å². The van der Waals surface area contributed by atoms with E-state index in [1.165, 1.54) is 18.3 Å². The number of ether oxygens (including phenoxy) is 2. The summed E-state index contributed by atoms with van der Waals surface area (Å²) in [5.74, 6) is -1.98. The molecule has 0 amide bonds. The van der Waals surface area contributed by atoms with E-state index in [2.05, 4.69) is 10.2 Å². The third kappa shape index (κ3) is 2.04. The molecule has 1 aromatic carbocycles. The zero-order chi connectivity index (χ0) is 14.3. The van der Waals surface area contributed by atoms with Gasteiger partial charge in [-0.15, -0.1) is 0 Å². The fourth-order valence-electron chi connectivity index (χ4n) is 2.12. The summed E-state index contributed by atoms with van der Waals surface area (Å²) in [7, 11) is 0. The van der Waals surface area contributed by atoms with E-state index in [1.807, 2.05) is 0 Å². The van der Waals surface area contributed by atoms with Gasteiger partial charge in [0.25, 0.3) is 5.92 Å². The number of halogens is 2. The lowest BCUT2D eigenvalue weighted by molar-refractivity contribution is 0.0170. The van der Waals surface area contributed by atoms with Gasteiger partial charge in [0.2, 0.25) is 0 Å². The number of hydrogen-bond donors (Lipinski definition) is 2. The van der Waals surface area contributed by atoms with E-state index in [9.17, 15) is 8.78 Å². The largest absolute Gasteiger partial charge is 0.486 e. The van der Waals surface area contributed by atoms with E-state index in [0.717, 1.165) is 6.92 Å². The minimum absolute atomic E-state index is 0.155. The molecule has 3 N–H and O–H groups in total. The molecular weight excluding hydrogens is 268 g/mol. The van der Waals surface area contributed by atoms with Crippen LogP contribution in [0, 0.1) is 0 Å². The summed E-state index contributed by atoms with van der Waals surface area (Å²) in [6, 6.07) is 2.66. The van der Waals surface area contributed by atoms with Crippen molar-refractivity contribution >= 4 is 5.82 Å². The van der Waals surface area contributed by atoms with Crippen LogP contribution in [0.1, 0.15) is 12.5 Å². The van der Waals surface area contributed by atoms with E-state index in [-0.39, 0.29) is 11.4 Å². The van der Waals surface area contributed by atoms with Gasteiger partial charge >= 0.3 is 0 Å². The maximum absolute atomic E-state index is 13.6. The number of hydrogen-bond acceptors (Lipinski definition) is 4. The summed E-state index contributed by atoms with van der Waals surface area (Å²) in [5.41, 5.74) is 6.57. The number of benzene rings is 1. The summed E-state index contributed by atoms with van der Waals surface area (Å²) >= 11 is 0. The van der Waals surface area contributed by atoms with Gasteiger partial charge < -0.3 is 15.2 Å². The Morgan fingerprint density at radius 3 is 2.65 bits per heavy atom. The Labute approximate surface area is 113 Å². The molecule has 5 nitrogen and oxygen atoms in total. The lowest BCUT2D eigenvalue weighted by atomic mass is 10.00. The first kappa shape index (κ1) is 12.7. The predicted molar refractivity (Wildman–Crippen MR) is 69.0 cm³/mol. The van der Waals surface area contributed by atoms with Crippen molar-refractivity contribution in [2.75, 3.05) is 18.9 Å². The zero-order valence-electron chi connectivity index (χ0n) is 10.7. The predicted octanol–water partition coefficient (Wildman–Crippen LogP) is 2.54. The molecule has 7 heteroatoms. The second-order valence-electron chi connectivity index (χ2n) is 4.63. The number of nitrogens with zero attached hydrogens (tertiary/aromatic N) is 1. The number of nitrogens with one attached hydrogen (secondary N) is 1. The lowest BCUT2D eigenvalue weighted by Gasteiger charge is -2.23. The van der Waals surface area contributed by atoms with Crippen LogP contribution < -0.4 is 15.2 Å². The molecule has 1 aromatic heterocycles. The second-order valence-corrected chi connectivity index (χ2v) is 4.63. The number of nitrogen functional groups attached to an aromatic ring is 1. The average Bonchev–Trinajstić information content (AvgIpc) is 2.82. The highest BCUT2D eigenvalue weighted by Gasteiger charge is 2.30. The summed E-state index contributed by atoms with van der Waals surface area (Å²) < 4.78 is 38.1. The number of aromatic nitrogens is 2. The molecule has 1 aliphatic rings. The number of fused-ring (bicyclic) bond motifs is 1. The van der Waals surface area contributed by atoms with Gasteiger partial charge in [-0.25, -0.2) is 8.78 Å². The number of aromatic amines is 1. The van der Waals surface area contributed by atoms with E-state index in [4.69, 9.17) is 15.2 Å². The molecule has 0 aliphatic carbocycles. The van der Waals surface area contributed by atoms with Crippen LogP contribution in [0.25, 0.3) is 11.1 Å². The van der Waals surface area contributed by atoms with Crippen molar-refractivity contribution in [2.45, 2.75) is 12.8 Å². The van der Waals surface area contributed by atoms with Gasteiger partial charge in [-0.05, 0) is 12.1 Å². The molecule has 2 aromatic rings. The first-order valence-corrected chi connectivity index (χ1v) is 6.08. The molecule has 2 heterocycles. The van der Waals surface area contributed by atoms with Crippen molar-refractivity contribution in [2.24, 2.45) is 0 Å². The molecule has 20 heavy (non-hydrogen) atoms. The number of H-pyrrole nitrogens is 1. The highest BCUT2D eigenvalue weighted by Crippen LogP contribution is 2.45. The van der Waals surface area contributed by atoms with Crippen LogP contribution >= 0.6 is 0 Å². The van der Waals surface area contributed by atoms with Crippen LogP contribution in [0.4, 0.5) is 14.6 Å². The number of rotatable bonds is 2. The van der Waals surface area contributed by atoms with Crippen LogP contribution in [0.15, 0.2) is 18.3 Å². The van der Waals surface area contributed by atoms with E-state index < -0.39 is 5.92 Å². The Morgan fingerprint density at radius 1 is 1.25 bits per heavy atom. The van der Waals surface area contributed by atoms with Crippen molar-refractivity contribution in [3.05, 3.63) is 23.9 Å². The third-order valence-electron chi connectivity index (χ3n) is 3.11. The Bertz CT molecular complexity index is 650. The first-order valence-electron chi connectivity index (χ1n) is 6.08. The fraction of sp³-hybridized carbons (Fsp3) is 0.308. The van der Waals surface area contributed by atoms with Crippen LogP contribution in [0.3, 0.4) is 0 Å². The van der Waals surface area contributed by atoms with Gasteiger partial charge in [-0.2, -0.15) is 5.10 Å². The minimum Gasteiger partial charge on any atom is -0.486 e. The highest BCUT2D eigenvalue weighted by molar-refractivity contribution is 5.81. The molecule has 0 saturated heterocycles. The summed E-state index contributed by atoms with van der Waals surface area (Å²) in [4.78, 5) is 0. The standard InChI is InChI=1S/C13H13F2N3O2/c1-13(14,15)7-4-8(9-6-17-18-12(9)16)11-10(5-7)19-2-3-20-11/h4-6H,2-3H2,1H3,(H3,16,17,18). The van der Waals surface area contributed by atoms with Crippen molar-refractivity contribution < 1.29 is 18.3 Å². The average molecular weight is 281 g/mol. The highest BCUT2D eigenvalue weighted by atomic mass is 19.3. The first-order chi connectivity index (χ1) is 9.47. The minimum atomic E-state index is -2.98. The van der Waals surface area contributed by atoms with Gasteiger partial charge in [0.1, 0.15) is 19.0 Å². The molecule has 0 unspecified atom stereocenters. The number of alkyl halides is 2. The number of nitrogens with two attached hydrogens (primary N) is 1. The molecule has 0 radical (unpaired) electrons. The zero-order valence-corrected chi connectivity index (χ0v) is 10.7. The van der Waals surface area contributed by atoms with E-state index >= 15 is 0 Å². The quantitative estimate of drug-likeness (QED) is 0.887. The van der Waals surface area contributed by atoms with Crippen molar-refractivity contribution in [1.82, 2.24) is 10.2 Å². The molecular formula is C13H13F2N3O2. The van der Waals surface area contributed by atoms with Gasteiger partial charge in [0.15, 0.2) is 11.5 Å². The fourth-order valence-corrected chi connectivity index (χ4v) is 2.12. The van der Waals surface area contributed by atoms with Gasteiger partial charge in [-0.3, -0.25) is 5.10 Å². The van der Waals surface area contributed by atoms with E-state index in [0.29, 0.717) is 35.8 Å². The maximum atomic E-state index is 13.6. The summed E-state index contributed by atoms with van der Waals surface area (Å²) in [5, 5.41) is 6.38. The van der Waals surface area contributed by atoms with Crippen molar-refractivity contribution in [3.8, 4) is 22.6 Å². The molecule has 0 atom stereocenters. The molecule has 0 bridgehead atoms. The Morgan fingerprint density at radius 2 is 2.00 bits per heavy atom. The molecule has 106 valence electrons. The van der Waals surface area contributed by atoms with Crippen LogP contribution in [-0.2, 0) is 5.92 Å². The molecule has 1 aliphatic heterocycles. The second kappa shape index (κ2) is 4.36. The third-order valence-corrected chi connectivity index (χ3v) is 3.11. The molecule has 0 fully saturated rings. The number of anilines is 1. The molecule has 0 saturated carbocycles. The lowest BCUT2D eigenvalue weighted by Crippen LogP contribution is -2.17. The van der Waals surface area contributed by atoms with Crippen LogP contribution in [0.5, 0.6) is 11.5 Å². The summed E-state index contributed by atoms with van der Waals surface area (Å²) in [6.07, 6.45) is 1.47.